The summed E-state index contributed by atoms with van der Waals surface area (Å²) in [5.74, 6) is 0.656. The van der Waals surface area contributed by atoms with Gasteiger partial charge in [-0.25, -0.2) is 8.42 Å². The van der Waals surface area contributed by atoms with Gasteiger partial charge < -0.3 is 14.2 Å². The van der Waals surface area contributed by atoms with Crippen LogP contribution < -0.4 is 4.90 Å². The van der Waals surface area contributed by atoms with Gasteiger partial charge in [-0.1, -0.05) is 41.1 Å². The number of likely N-dealkylation sites (N-methyl/N-ethyl adjacent to an activating group) is 1. The second-order valence-corrected chi connectivity index (χ2v) is 10.1. The molecular weight excluding hydrogens is 466 g/mol. The number of sulfone groups is 1. The van der Waals surface area contributed by atoms with Crippen molar-refractivity contribution < 1.29 is 12.8 Å². The van der Waals surface area contributed by atoms with Gasteiger partial charge in [0.1, 0.15) is 0 Å². The van der Waals surface area contributed by atoms with Crippen LogP contribution in [0.4, 0.5) is 5.88 Å². The fourth-order valence-electron chi connectivity index (χ4n) is 3.59. The lowest BCUT2D eigenvalue weighted by atomic mass is 10.1. The molecule has 30 heavy (non-hydrogen) atoms. The van der Waals surface area contributed by atoms with Gasteiger partial charge in [-0.05, 0) is 49.4 Å². The minimum atomic E-state index is -3.84. The van der Waals surface area contributed by atoms with E-state index in [1.54, 1.807) is 24.3 Å². The molecule has 0 radical (unpaired) electrons. The van der Waals surface area contributed by atoms with E-state index in [9.17, 15) is 8.42 Å². The molecule has 0 amide bonds. The minimum absolute atomic E-state index is 0.0203. The Bertz CT molecular complexity index is 1130. The Morgan fingerprint density at radius 3 is 2.33 bits per heavy atom. The monoisotopic (exact) mass is 489 g/mol. The highest BCUT2D eigenvalue weighted by atomic mass is 79.9. The summed E-state index contributed by atoms with van der Waals surface area (Å²) in [6.45, 7) is 8.16. The van der Waals surface area contributed by atoms with Gasteiger partial charge in [0.2, 0.25) is 26.6 Å². The quantitative estimate of drug-likeness (QED) is 0.529. The standard InChI is InChI=1S/C22H24BrN3O3S/c1-3-25-12-14-26(15-13-25)22-21(30(27,28)18-10-8-17(23)9-11-18)24-20(29-22)19-7-5-4-6-16(19)2/h4-11H,3,12-15H2,1-2H3. The summed E-state index contributed by atoms with van der Waals surface area (Å²) in [4.78, 5) is 9.03. The van der Waals surface area contributed by atoms with Crippen molar-refractivity contribution >= 4 is 31.7 Å². The van der Waals surface area contributed by atoms with Crippen LogP contribution in [0.2, 0.25) is 0 Å². The van der Waals surface area contributed by atoms with Crippen molar-refractivity contribution in [2.24, 2.45) is 0 Å². The van der Waals surface area contributed by atoms with E-state index >= 15 is 0 Å². The molecule has 0 N–H and O–H groups in total. The van der Waals surface area contributed by atoms with Crippen molar-refractivity contribution in [1.29, 1.82) is 0 Å². The predicted octanol–water partition coefficient (Wildman–Crippen LogP) is 4.39. The molecule has 0 atom stereocenters. The lowest BCUT2D eigenvalue weighted by Crippen LogP contribution is -2.46. The maximum absolute atomic E-state index is 13.5. The van der Waals surface area contributed by atoms with E-state index in [-0.39, 0.29) is 9.92 Å². The van der Waals surface area contributed by atoms with Crippen LogP contribution in [0, 0.1) is 6.92 Å². The molecular formula is C22H24BrN3O3S. The summed E-state index contributed by atoms with van der Waals surface area (Å²) in [7, 11) is -3.84. The molecule has 0 unspecified atom stereocenters. The number of piperazine rings is 1. The number of benzene rings is 2. The number of oxazole rings is 1. The molecule has 158 valence electrons. The Balaban J connectivity index is 1.82. The Morgan fingerprint density at radius 2 is 1.70 bits per heavy atom. The Morgan fingerprint density at radius 1 is 1.03 bits per heavy atom. The SMILES string of the molecule is CCN1CCN(c2oc(-c3ccccc3C)nc2S(=O)(=O)c2ccc(Br)cc2)CC1. The molecule has 2 heterocycles. The van der Waals surface area contributed by atoms with Crippen LogP contribution in [0.25, 0.3) is 11.5 Å². The fourth-order valence-corrected chi connectivity index (χ4v) is 5.18. The first kappa shape index (κ1) is 21.1. The molecule has 1 aromatic heterocycles. The topological polar surface area (TPSA) is 66.7 Å². The molecule has 4 rings (SSSR count). The van der Waals surface area contributed by atoms with Gasteiger partial charge in [0, 0.05) is 36.2 Å². The second kappa shape index (κ2) is 8.53. The summed E-state index contributed by atoms with van der Waals surface area (Å²) in [6, 6.07) is 14.3. The van der Waals surface area contributed by atoms with Gasteiger partial charge >= 0.3 is 0 Å². The molecule has 1 aliphatic heterocycles. The van der Waals surface area contributed by atoms with E-state index in [1.807, 2.05) is 36.1 Å². The Kier molecular flexibility index (Phi) is 5.99. The largest absolute Gasteiger partial charge is 0.419 e. The number of rotatable bonds is 5. The average Bonchev–Trinajstić information content (AvgIpc) is 3.20. The highest BCUT2D eigenvalue weighted by Gasteiger charge is 2.32. The molecule has 1 fully saturated rings. The van der Waals surface area contributed by atoms with Crippen LogP contribution in [0.3, 0.4) is 0 Å². The lowest BCUT2D eigenvalue weighted by molar-refractivity contribution is 0.266. The molecule has 2 aromatic carbocycles. The van der Waals surface area contributed by atoms with Crippen molar-refractivity contribution in [3.63, 3.8) is 0 Å². The normalized spacial score (nSPS) is 15.5. The molecule has 1 saturated heterocycles. The zero-order chi connectivity index (χ0) is 21.3. The van der Waals surface area contributed by atoms with Crippen LogP contribution in [0.5, 0.6) is 0 Å². The molecule has 6 nitrogen and oxygen atoms in total. The van der Waals surface area contributed by atoms with Crippen LogP contribution in [0.15, 0.2) is 67.3 Å². The molecule has 0 spiro atoms. The summed E-state index contributed by atoms with van der Waals surface area (Å²) in [6.07, 6.45) is 0. The molecule has 0 bridgehead atoms. The minimum Gasteiger partial charge on any atom is -0.419 e. The third kappa shape index (κ3) is 4.04. The summed E-state index contributed by atoms with van der Waals surface area (Å²) >= 11 is 3.36. The van der Waals surface area contributed by atoms with E-state index in [0.29, 0.717) is 24.9 Å². The zero-order valence-electron chi connectivity index (χ0n) is 17.0. The third-order valence-electron chi connectivity index (χ3n) is 5.44. The van der Waals surface area contributed by atoms with Crippen molar-refractivity contribution in [2.75, 3.05) is 37.6 Å². The number of anilines is 1. The van der Waals surface area contributed by atoms with Gasteiger partial charge in [-0.2, -0.15) is 4.98 Å². The van der Waals surface area contributed by atoms with Crippen LogP contribution >= 0.6 is 15.9 Å². The number of hydrogen-bond acceptors (Lipinski definition) is 6. The zero-order valence-corrected chi connectivity index (χ0v) is 19.4. The molecule has 0 saturated carbocycles. The van der Waals surface area contributed by atoms with Crippen LogP contribution in [0.1, 0.15) is 12.5 Å². The van der Waals surface area contributed by atoms with Gasteiger partial charge in [-0.15, -0.1) is 0 Å². The van der Waals surface area contributed by atoms with E-state index in [2.05, 4.69) is 32.7 Å². The Labute approximate surface area is 185 Å². The fraction of sp³-hybridized carbons (Fsp3) is 0.318. The second-order valence-electron chi connectivity index (χ2n) is 7.32. The van der Waals surface area contributed by atoms with Crippen molar-refractivity contribution in [3.8, 4) is 11.5 Å². The highest BCUT2D eigenvalue weighted by molar-refractivity contribution is 9.10. The number of halogens is 1. The summed E-state index contributed by atoms with van der Waals surface area (Å²) in [5.41, 5.74) is 1.77. The van der Waals surface area contributed by atoms with Gasteiger partial charge in [0.15, 0.2) is 0 Å². The number of hydrogen-bond donors (Lipinski definition) is 0. The van der Waals surface area contributed by atoms with E-state index < -0.39 is 9.84 Å². The number of aryl methyl sites for hydroxylation is 1. The van der Waals surface area contributed by atoms with Gasteiger partial charge in [0.05, 0.1) is 4.90 Å². The van der Waals surface area contributed by atoms with E-state index in [0.717, 1.165) is 35.2 Å². The number of nitrogens with zero attached hydrogens (tertiary/aromatic N) is 3. The maximum atomic E-state index is 13.5. The molecule has 1 aliphatic rings. The highest BCUT2D eigenvalue weighted by Crippen LogP contribution is 2.36. The van der Waals surface area contributed by atoms with Crippen molar-refractivity contribution in [3.05, 3.63) is 58.6 Å². The number of aromatic nitrogens is 1. The van der Waals surface area contributed by atoms with Crippen molar-refractivity contribution in [1.82, 2.24) is 9.88 Å². The third-order valence-corrected chi connectivity index (χ3v) is 7.64. The predicted molar refractivity (Wildman–Crippen MR) is 121 cm³/mol. The molecule has 3 aromatic rings. The van der Waals surface area contributed by atoms with Gasteiger partial charge in [0.25, 0.3) is 0 Å². The first-order chi connectivity index (χ1) is 14.4. The van der Waals surface area contributed by atoms with E-state index in [1.165, 1.54) is 0 Å². The first-order valence-electron chi connectivity index (χ1n) is 9.95. The average molecular weight is 490 g/mol. The van der Waals surface area contributed by atoms with Gasteiger partial charge in [-0.3, -0.25) is 0 Å². The molecule has 0 aliphatic carbocycles. The maximum Gasteiger partial charge on any atom is 0.236 e. The van der Waals surface area contributed by atoms with Crippen LogP contribution in [-0.4, -0.2) is 51.0 Å². The van der Waals surface area contributed by atoms with E-state index in [4.69, 9.17) is 4.42 Å². The summed E-state index contributed by atoms with van der Waals surface area (Å²) in [5, 5.41) is -0.0203. The smallest absolute Gasteiger partial charge is 0.236 e. The molecule has 8 heteroatoms. The lowest BCUT2D eigenvalue weighted by Gasteiger charge is -2.33. The van der Waals surface area contributed by atoms with Crippen LogP contribution in [-0.2, 0) is 9.84 Å². The summed E-state index contributed by atoms with van der Waals surface area (Å²) < 4.78 is 33.9. The first-order valence-corrected chi connectivity index (χ1v) is 12.2. The Hall–Kier alpha value is -2.16. The van der Waals surface area contributed by atoms with Crippen molar-refractivity contribution in [2.45, 2.75) is 23.8 Å².